The first-order chi connectivity index (χ1) is 28.8. The SMILES string of the molecule is c1ccc(-c2ccc(N(c3ccc4sc5cc(N(c6ccccc6)c6ccccc6)ccc5c4c3)c3ccc4c(c3)c3ccccc3n4-c3ccccc3)cc2)cc1. The summed E-state index contributed by atoms with van der Waals surface area (Å²) in [6.45, 7) is 0. The van der Waals surface area contributed by atoms with Crippen LogP contribution in [-0.4, -0.2) is 4.57 Å². The number of benzene rings is 9. The molecule has 9 aromatic carbocycles. The molecule has 0 saturated heterocycles. The van der Waals surface area contributed by atoms with Gasteiger partial charge in [-0.05, 0) is 114 Å². The maximum absolute atomic E-state index is 2.41. The molecule has 0 spiro atoms. The van der Waals surface area contributed by atoms with Crippen molar-refractivity contribution in [3.05, 3.63) is 224 Å². The Hall–Kier alpha value is -7.40. The number of fused-ring (bicyclic) bond motifs is 6. The topological polar surface area (TPSA) is 11.4 Å². The Morgan fingerprint density at radius 3 is 1.48 bits per heavy atom. The lowest BCUT2D eigenvalue weighted by atomic mass is 10.0. The highest BCUT2D eigenvalue weighted by Gasteiger charge is 2.20. The molecule has 0 unspecified atom stereocenters. The van der Waals surface area contributed by atoms with Crippen molar-refractivity contribution in [3.63, 3.8) is 0 Å². The molecule has 11 aromatic rings. The molecular formula is C54H37N3S. The van der Waals surface area contributed by atoms with E-state index in [1.807, 2.05) is 11.3 Å². The molecule has 274 valence electrons. The Balaban J connectivity index is 1.07. The van der Waals surface area contributed by atoms with E-state index in [1.54, 1.807) is 0 Å². The number of anilines is 6. The van der Waals surface area contributed by atoms with E-state index >= 15 is 0 Å². The molecule has 2 heterocycles. The monoisotopic (exact) mass is 759 g/mol. The van der Waals surface area contributed by atoms with Gasteiger partial charge in [-0.1, -0.05) is 121 Å². The van der Waals surface area contributed by atoms with E-state index in [1.165, 1.54) is 53.1 Å². The highest BCUT2D eigenvalue weighted by atomic mass is 32.1. The molecule has 0 fully saturated rings. The average Bonchev–Trinajstić information content (AvgIpc) is 3.83. The number of hydrogen-bond donors (Lipinski definition) is 0. The van der Waals surface area contributed by atoms with Crippen LogP contribution in [0.2, 0.25) is 0 Å². The first-order valence-electron chi connectivity index (χ1n) is 19.7. The summed E-state index contributed by atoms with van der Waals surface area (Å²) in [5, 5.41) is 4.96. The van der Waals surface area contributed by atoms with Gasteiger partial charge in [0, 0.05) is 70.8 Å². The fraction of sp³-hybridized carbons (Fsp3) is 0. The van der Waals surface area contributed by atoms with Gasteiger partial charge in [-0.3, -0.25) is 0 Å². The predicted octanol–water partition coefficient (Wildman–Crippen LogP) is 15.8. The molecule has 0 aliphatic carbocycles. The quantitative estimate of drug-likeness (QED) is 0.153. The summed E-state index contributed by atoms with van der Waals surface area (Å²) >= 11 is 1.85. The summed E-state index contributed by atoms with van der Waals surface area (Å²) in [7, 11) is 0. The zero-order valence-electron chi connectivity index (χ0n) is 31.6. The fourth-order valence-corrected chi connectivity index (χ4v) is 9.59. The Kier molecular flexibility index (Phi) is 8.34. The normalized spacial score (nSPS) is 11.4. The summed E-state index contributed by atoms with van der Waals surface area (Å²) in [5.41, 5.74) is 12.7. The summed E-state index contributed by atoms with van der Waals surface area (Å²) in [5.74, 6) is 0. The predicted molar refractivity (Wildman–Crippen MR) is 248 cm³/mol. The number of nitrogens with zero attached hydrogens (tertiary/aromatic N) is 3. The van der Waals surface area contributed by atoms with Gasteiger partial charge >= 0.3 is 0 Å². The minimum atomic E-state index is 1.10. The average molecular weight is 760 g/mol. The van der Waals surface area contributed by atoms with Crippen LogP contribution in [0, 0.1) is 0 Å². The van der Waals surface area contributed by atoms with Crippen molar-refractivity contribution in [1.29, 1.82) is 0 Å². The third kappa shape index (κ3) is 5.90. The molecule has 2 aromatic heterocycles. The molecular weight excluding hydrogens is 723 g/mol. The van der Waals surface area contributed by atoms with Crippen LogP contribution in [-0.2, 0) is 0 Å². The maximum Gasteiger partial charge on any atom is 0.0542 e. The molecule has 0 atom stereocenters. The second-order valence-corrected chi connectivity index (χ2v) is 15.7. The van der Waals surface area contributed by atoms with Gasteiger partial charge in [0.2, 0.25) is 0 Å². The Morgan fingerprint density at radius 1 is 0.293 bits per heavy atom. The Labute approximate surface area is 341 Å². The van der Waals surface area contributed by atoms with Crippen LogP contribution >= 0.6 is 11.3 Å². The lowest BCUT2D eigenvalue weighted by Gasteiger charge is -2.26. The largest absolute Gasteiger partial charge is 0.310 e. The van der Waals surface area contributed by atoms with Crippen molar-refractivity contribution < 1.29 is 0 Å². The second kappa shape index (κ2) is 14.3. The third-order valence-electron chi connectivity index (χ3n) is 11.1. The molecule has 0 aliphatic rings. The highest BCUT2D eigenvalue weighted by Crippen LogP contribution is 2.45. The van der Waals surface area contributed by atoms with Crippen LogP contribution in [0.4, 0.5) is 34.1 Å². The van der Waals surface area contributed by atoms with Gasteiger partial charge < -0.3 is 14.4 Å². The van der Waals surface area contributed by atoms with Crippen LogP contribution in [0.5, 0.6) is 0 Å². The first kappa shape index (κ1) is 33.9. The highest BCUT2D eigenvalue weighted by molar-refractivity contribution is 7.25. The van der Waals surface area contributed by atoms with Crippen LogP contribution < -0.4 is 9.80 Å². The molecule has 0 bridgehead atoms. The lowest BCUT2D eigenvalue weighted by Crippen LogP contribution is -2.10. The number of thiophene rings is 1. The molecule has 0 radical (unpaired) electrons. The summed E-state index contributed by atoms with van der Waals surface area (Å²) in [6, 6.07) is 81.0. The zero-order valence-corrected chi connectivity index (χ0v) is 32.4. The van der Waals surface area contributed by atoms with E-state index in [2.05, 4.69) is 239 Å². The van der Waals surface area contributed by atoms with Gasteiger partial charge in [-0.15, -0.1) is 11.3 Å². The maximum atomic E-state index is 2.41. The lowest BCUT2D eigenvalue weighted by molar-refractivity contribution is 1.18. The smallest absolute Gasteiger partial charge is 0.0542 e. The van der Waals surface area contributed by atoms with Crippen molar-refractivity contribution in [2.24, 2.45) is 0 Å². The number of aromatic nitrogens is 1. The van der Waals surface area contributed by atoms with Crippen molar-refractivity contribution in [2.75, 3.05) is 9.80 Å². The van der Waals surface area contributed by atoms with Crippen LogP contribution in [0.25, 0.3) is 58.8 Å². The zero-order chi connectivity index (χ0) is 38.4. The Morgan fingerprint density at radius 2 is 0.776 bits per heavy atom. The molecule has 3 nitrogen and oxygen atoms in total. The first-order valence-corrected chi connectivity index (χ1v) is 20.5. The molecule has 4 heteroatoms. The standard InChI is InChI=1S/C54H37N3S/c1-5-15-38(16-6-1)39-25-27-43(28-26-39)56(44-30-33-52-49(35-44)47-23-13-14-24-51(47)57(52)42-21-11-4-12-22-42)45-31-34-53-50(36-45)48-32-29-46(37-54(48)58-53)55(40-17-7-2-8-18-40)41-19-9-3-10-20-41/h1-37H. The molecule has 0 aliphatic heterocycles. The minimum absolute atomic E-state index is 1.10. The summed E-state index contributed by atoms with van der Waals surface area (Å²) in [6.07, 6.45) is 0. The van der Waals surface area contributed by atoms with E-state index in [9.17, 15) is 0 Å². The third-order valence-corrected chi connectivity index (χ3v) is 12.3. The van der Waals surface area contributed by atoms with Gasteiger partial charge in [0.15, 0.2) is 0 Å². The van der Waals surface area contributed by atoms with Gasteiger partial charge in [0.1, 0.15) is 0 Å². The van der Waals surface area contributed by atoms with Crippen molar-refractivity contribution in [1.82, 2.24) is 4.57 Å². The van der Waals surface area contributed by atoms with E-state index in [-0.39, 0.29) is 0 Å². The van der Waals surface area contributed by atoms with Crippen molar-refractivity contribution in [2.45, 2.75) is 0 Å². The molecule has 0 N–H and O–H groups in total. The van der Waals surface area contributed by atoms with E-state index in [0.717, 1.165) is 39.8 Å². The molecule has 0 amide bonds. The van der Waals surface area contributed by atoms with Crippen molar-refractivity contribution in [3.8, 4) is 16.8 Å². The Bertz CT molecular complexity index is 3170. The van der Waals surface area contributed by atoms with E-state index in [4.69, 9.17) is 0 Å². The van der Waals surface area contributed by atoms with Gasteiger partial charge in [-0.25, -0.2) is 0 Å². The van der Waals surface area contributed by atoms with E-state index < -0.39 is 0 Å². The van der Waals surface area contributed by atoms with Crippen LogP contribution in [0.3, 0.4) is 0 Å². The van der Waals surface area contributed by atoms with Gasteiger partial charge in [0.05, 0.1) is 11.0 Å². The minimum Gasteiger partial charge on any atom is -0.310 e. The second-order valence-electron chi connectivity index (χ2n) is 14.6. The van der Waals surface area contributed by atoms with Crippen molar-refractivity contribution >= 4 is 87.4 Å². The van der Waals surface area contributed by atoms with Gasteiger partial charge in [0.25, 0.3) is 0 Å². The molecule has 0 saturated carbocycles. The fourth-order valence-electron chi connectivity index (χ4n) is 8.47. The number of para-hydroxylation sites is 4. The number of rotatable bonds is 8. The van der Waals surface area contributed by atoms with Crippen LogP contribution in [0.1, 0.15) is 0 Å². The number of hydrogen-bond acceptors (Lipinski definition) is 3. The summed E-state index contributed by atoms with van der Waals surface area (Å²) < 4.78 is 4.90. The van der Waals surface area contributed by atoms with Crippen LogP contribution in [0.15, 0.2) is 224 Å². The molecule has 11 rings (SSSR count). The molecule has 58 heavy (non-hydrogen) atoms. The van der Waals surface area contributed by atoms with E-state index in [0.29, 0.717) is 0 Å². The summed E-state index contributed by atoms with van der Waals surface area (Å²) in [4.78, 5) is 4.74. The van der Waals surface area contributed by atoms with Gasteiger partial charge in [-0.2, -0.15) is 0 Å².